The smallest absolute Gasteiger partial charge is 0.241 e. The number of ketones is 1. The van der Waals surface area contributed by atoms with Crippen LogP contribution >= 0.6 is 0 Å². The van der Waals surface area contributed by atoms with E-state index in [2.05, 4.69) is 12.2 Å². The average Bonchev–Trinajstić information content (AvgIpc) is 2.45. The van der Waals surface area contributed by atoms with E-state index in [4.69, 9.17) is 0 Å². The monoisotopic (exact) mass is 274 g/mol. The highest BCUT2D eigenvalue weighted by Crippen LogP contribution is 2.16. The molecule has 0 radical (unpaired) electrons. The highest BCUT2D eigenvalue weighted by molar-refractivity contribution is 5.95. The van der Waals surface area contributed by atoms with Crippen LogP contribution in [0.2, 0.25) is 0 Å². The van der Waals surface area contributed by atoms with E-state index in [9.17, 15) is 9.59 Å². The topological polar surface area (TPSA) is 49.4 Å². The second-order valence-electron chi connectivity index (χ2n) is 5.58. The van der Waals surface area contributed by atoms with E-state index >= 15 is 0 Å². The van der Waals surface area contributed by atoms with Gasteiger partial charge in [0.2, 0.25) is 5.91 Å². The molecule has 1 aliphatic rings. The molecule has 0 aromatic heterocycles. The molecule has 1 unspecified atom stereocenters. The molecule has 1 N–H and O–H groups in total. The minimum Gasteiger partial charge on any atom is -0.376 e. The summed E-state index contributed by atoms with van der Waals surface area (Å²) in [5.41, 5.74) is 1.48. The zero-order valence-corrected chi connectivity index (χ0v) is 12.2. The standard InChI is InChI=1S/C16H22N2O2/c1-12-5-4-8-18(11-12)16(20)10-17-15-7-3-6-14(9-15)13(2)19/h3,6-7,9,12,17H,4-5,8,10-11H2,1-2H3. The highest BCUT2D eigenvalue weighted by atomic mass is 16.2. The second kappa shape index (κ2) is 6.55. The number of piperidine rings is 1. The Labute approximate surface area is 120 Å². The summed E-state index contributed by atoms with van der Waals surface area (Å²) < 4.78 is 0. The Hall–Kier alpha value is -1.84. The quantitative estimate of drug-likeness (QED) is 0.858. The molecule has 0 bridgehead atoms. The molecule has 1 atom stereocenters. The minimum atomic E-state index is 0.0323. The van der Waals surface area contributed by atoms with Gasteiger partial charge in [-0.2, -0.15) is 0 Å². The average molecular weight is 274 g/mol. The first-order chi connectivity index (χ1) is 9.56. The number of hydrogen-bond donors (Lipinski definition) is 1. The zero-order valence-electron chi connectivity index (χ0n) is 12.2. The lowest BCUT2D eigenvalue weighted by Crippen LogP contribution is -2.41. The molecule has 1 aliphatic heterocycles. The SMILES string of the molecule is CC(=O)c1cccc(NCC(=O)N2CCCC(C)C2)c1. The van der Waals surface area contributed by atoms with Crippen LogP contribution in [0.5, 0.6) is 0 Å². The van der Waals surface area contributed by atoms with Crippen LogP contribution in [0.15, 0.2) is 24.3 Å². The van der Waals surface area contributed by atoms with Crippen molar-refractivity contribution in [2.45, 2.75) is 26.7 Å². The summed E-state index contributed by atoms with van der Waals surface area (Å²) in [5.74, 6) is 0.753. The van der Waals surface area contributed by atoms with Crippen LogP contribution in [0.4, 0.5) is 5.69 Å². The number of carbonyl (C=O) groups is 2. The molecule has 4 heteroatoms. The third kappa shape index (κ3) is 3.83. The molecule has 1 heterocycles. The van der Waals surface area contributed by atoms with E-state index in [0.29, 0.717) is 11.5 Å². The van der Waals surface area contributed by atoms with Crippen molar-refractivity contribution in [1.29, 1.82) is 0 Å². The number of hydrogen-bond acceptors (Lipinski definition) is 3. The fraction of sp³-hybridized carbons (Fsp3) is 0.500. The van der Waals surface area contributed by atoms with Crippen LogP contribution in [0.1, 0.15) is 37.0 Å². The summed E-state index contributed by atoms with van der Waals surface area (Å²) >= 11 is 0. The summed E-state index contributed by atoms with van der Waals surface area (Å²) in [4.78, 5) is 25.4. The number of likely N-dealkylation sites (tertiary alicyclic amines) is 1. The van der Waals surface area contributed by atoms with Gasteiger partial charge in [0.1, 0.15) is 0 Å². The first kappa shape index (κ1) is 14.6. The van der Waals surface area contributed by atoms with Gasteiger partial charge in [0.05, 0.1) is 6.54 Å². The van der Waals surface area contributed by atoms with Gasteiger partial charge >= 0.3 is 0 Å². The molecule has 108 valence electrons. The maximum absolute atomic E-state index is 12.1. The van der Waals surface area contributed by atoms with Gasteiger partial charge in [-0.25, -0.2) is 0 Å². The van der Waals surface area contributed by atoms with E-state index < -0.39 is 0 Å². The van der Waals surface area contributed by atoms with Crippen LogP contribution in [0, 0.1) is 5.92 Å². The van der Waals surface area contributed by atoms with Crippen LogP contribution in [0.25, 0.3) is 0 Å². The van der Waals surface area contributed by atoms with Gasteiger partial charge in [-0.1, -0.05) is 19.1 Å². The van der Waals surface area contributed by atoms with Gasteiger partial charge in [0.15, 0.2) is 5.78 Å². The van der Waals surface area contributed by atoms with Crippen LogP contribution in [0.3, 0.4) is 0 Å². The summed E-state index contributed by atoms with van der Waals surface area (Å²) in [6.07, 6.45) is 2.30. The van der Waals surface area contributed by atoms with Gasteiger partial charge < -0.3 is 10.2 Å². The van der Waals surface area contributed by atoms with Gasteiger partial charge in [-0.05, 0) is 37.8 Å². The summed E-state index contributed by atoms with van der Waals surface area (Å²) in [5, 5.41) is 3.11. The Morgan fingerprint density at radius 3 is 2.90 bits per heavy atom. The minimum absolute atomic E-state index is 0.0323. The van der Waals surface area contributed by atoms with Crippen LogP contribution in [-0.4, -0.2) is 36.2 Å². The number of carbonyl (C=O) groups excluding carboxylic acids is 2. The fourth-order valence-corrected chi connectivity index (χ4v) is 2.55. The van der Waals surface area contributed by atoms with E-state index in [-0.39, 0.29) is 18.2 Å². The van der Waals surface area contributed by atoms with Crippen molar-refractivity contribution >= 4 is 17.4 Å². The molecular weight excluding hydrogens is 252 g/mol. The molecule has 1 saturated heterocycles. The van der Waals surface area contributed by atoms with Gasteiger partial charge in [0, 0.05) is 24.3 Å². The van der Waals surface area contributed by atoms with Gasteiger partial charge in [-0.3, -0.25) is 9.59 Å². The summed E-state index contributed by atoms with van der Waals surface area (Å²) in [7, 11) is 0. The molecule has 0 aliphatic carbocycles. The number of amides is 1. The lowest BCUT2D eigenvalue weighted by atomic mass is 10.0. The van der Waals surface area contributed by atoms with Gasteiger partial charge in [0.25, 0.3) is 0 Å². The summed E-state index contributed by atoms with van der Waals surface area (Å²) in [6, 6.07) is 7.27. The maximum Gasteiger partial charge on any atom is 0.241 e. The Kier molecular flexibility index (Phi) is 4.77. The van der Waals surface area contributed by atoms with Crippen molar-refractivity contribution in [3.63, 3.8) is 0 Å². The molecule has 1 fully saturated rings. The van der Waals surface area contributed by atoms with Gasteiger partial charge in [-0.15, -0.1) is 0 Å². The predicted octanol–water partition coefficient (Wildman–Crippen LogP) is 2.56. The molecule has 1 aromatic rings. The van der Waals surface area contributed by atoms with Crippen LogP contribution < -0.4 is 5.32 Å². The third-order valence-corrected chi connectivity index (χ3v) is 3.72. The number of anilines is 1. The number of nitrogens with one attached hydrogen (secondary N) is 1. The molecule has 20 heavy (non-hydrogen) atoms. The van der Waals surface area contributed by atoms with Crippen molar-refractivity contribution < 1.29 is 9.59 Å². The van der Waals surface area contributed by atoms with Crippen molar-refractivity contribution in [2.24, 2.45) is 5.92 Å². The molecular formula is C16H22N2O2. The zero-order chi connectivity index (χ0) is 14.5. The third-order valence-electron chi connectivity index (χ3n) is 3.72. The number of rotatable bonds is 4. The first-order valence-corrected chi connectivity index (χ1v) is 7.19. The van der Waals surface area contributed by atoms with Crippen molar-refractivity contribution in [3.8, 4) is 0 Å². The van der Waals surface area contributed by atoms with E-state index in [0.717, 1.165) is 25.2 Å². The first-order valence-electron chi connectivity index (χ1n) is 7.19. The highest BCUT2D eigenvalue weighted by Gasteiger charge is 2.20. The second-order valence-corrected chi connectivity index (χ2v) is 5.58. The van der Waals surface area contributed by atoms with Crippen molar-refractivity contribution in [3.05, 3.63) is 29.8 Å². The van der Waals surface area contributed by atoms with E-state index in [1.807, 2.05) is 17.0 Å². The fourth-order valence-electron chi connectivity index (χ4n) is 2.55. The maximum atomic E-state index is 12.1. The van der Waals surface area contributed by atoms with Crippen molar-refractivity contribution in [2.75, 3.05) is 25.0 Å². The Morgan fingerprint density at radius 1 is 1.40 bits per heavy atom. The van der Waals surface area contributed by atoms with Crippen molar-refractivity contribution in [1.82, 2.24) is 4.90 Å². The Morgan fingerprint density at radius 2 is 2.20 bits per heavy atom. The molecule has 1 amide bonds. The van der Waals surface area contributed by atoms with Crippen LogP contribution in [-0.2, 0) is 4.79 Å². The molecule has 0 saturated carbocycles. The van der Waals surface area contributed by atoms with E-state index in [1.54, 1.807) is 19.1 Å². The normalized spacial score (nSPS) is 18.7. The lowest BCUT2D eigenvalue weighted by molar-refractivity contribution is -0.130. The lowest BCUT2D eigenvalue weighted by Gasteiger charge is -2.31. The largest absolute Gasteiger partial charge is 0.376 e. The molecule has 1 aromatic carbocycles. The number of Topliss-reactive ketones (excluding diaryl/α,β-unsaturated/α-hetero) is 1. The number of benzene rings is 1. The Bertz CT molecular complexity index is 499. The predicted molar refractivity (Wildman–Crippen MR) is 79.9 cm³/mol. The molecule has 0 spiro atoms. The van der Waals surface area contributed by atoms with E-state index in [1.165, 1.54) is 6.42 Å². The summed E-state index contributed by atoms with van der Waals surface area (Å²) in [6.45, 7) is 5.73. The molecule has 4 nitrogen and oxygen atoms in total. The number of nitrogens with zero attached hydrogens (tertiary/aromatic N) is 1. The Balaban J connectivity index is 1.89. The molecule has 2 rings (SSSR count).